The Bertz CT molecular complexity index is 2440. The Hall–Kier alpha value is -3.11. The summed E-state index contributed by atoms with van der Waals surface area (Å²) in [5, 5.41) is 256. The van der Waals surface area contributed by atoms with Gasteiger partial charge in [-0.05, 0) is 82.6 Å². The van der Waals surface area contributed by atoms with E-state index in [-0.39, 0.29) is 94.4 Å². The number of nitrogens with two attached hydrogens (primary N) is 2. The highest BCUT2D eigenvalue weighted by atomic mass is 16.6. The predicted octanol–water partition coefficient (Wildman–Crippen LogP) is -15.3. The third kappa shape index (κ3) is 32.2. The molecule has 0 saturated carbocycles. The van der Waals surface area contributed by atoms with Crippen LogP contribution in [-0.2, 0) is 57.0 Å². The van der Waals surface area contributed by atoms with Crippen molar-refractivity contribution in [1.82, 2.24) is 16.0 Å². The summed E-state index contributed by atoms with van der Waals surface area (Å²) >= 11 is 0. The first-order valence-corrected chi connectivity index (χ1v) is 37.0. The van der Waals surface area contributed by atoms with Gasteiger partial charge in [-0.3, -0.25) is 14.4 Å². The molecule has 666 valence electrons. The second-order valence-corrected chi connectivity index (χ2v) is 29.2. The van der Waals surface area contributed by atoms with Crippen molar-refractivity contribution >= 4 is 17.7 Å². The summed E-state index contributed by atoms with van der Waals surface area (Å²) in [6, 6.07) is -2.16. The molecule has 9 aliphatic heterocycles. The van der Waals surface area contributed by atoms with E-state index < -0.39 is 232 Å². The molecule has 0 aromatic carbocycles. The molecule has 43 atom stereocenters. The fourth-order valence-electron chi connectivity index (χ4n) is 12.5. The van der Waals surface area contributed by atoms with Crippen molar-refractivity contribution in [3.63, 3.8) is 0 Å². The molecular weight excluding hydrogens is 1510 g/mol. The Balaban J connectivity index is 0.000000632. The Morgan fingerprint density at radius 1 is 0.295 bits per heavy atom. The van der Waals surface area contributed by atoms with Gasteiger partial charge in [0.05, 0.1) is 143 Å². The Morgan fingerprint density at radius 3 is 0.911 bits per heavy atom. The molecule has 0 bridgehead atoms. The van der Waals surface area contributed by atoms with Crippen LogP contribution in [0.1, 0.15) is 103 Å². The molecule has 112 heavy (non-hydrogen) atoms. The lowest BCUT2D eigenvalue weighted by molar-refractivity contribution is -0.224. The van der Waals surface area contributed by atoms with Gasteiger partial charge in [-0.25, -0.2) is 0 Å². The molecule has 3 amide bonds. The van der Waals surface area contributed by atoms with Crippen LogP contribution in [0, 0.1) is 0 Å². The van der Waals surface area contributed by atoms with Crippen LogP contribution >= 0.6 is 0 Å². The Labute approximate surface area is 649 Å². The molecule has 9 aliphatic rings. The molecule has 9 fully saturated rings. The van der Waals surface area contributed by atoms with Crippen molar-refractivity contribution in [2.45, 2.75) is 366 Å². The molecule has 0 spiro atoms. The van der Waals surface area contributed by atoms with Gasteiger partial charge in [0.15, 0.2) is 0 Å². The molecule has 0 radical (unpaired) electrons. The second kappa shape index (κ2) is 51.4. The molecule has 34 N–H and O–H groups in total. The summed E-state index contributed by atoms with van der Waals surface area (Å²) in [5.74, 6) is -0.882. The number of aliphatic hydroxyl groups excluding tert-OH is 27. The molecule has 18 unspecified atom stereocenters. The van der Waals surface area contributed by atoms with Crippen molar-refractivity contribution in [2.75, 3.05) is 46.2 Å². The highest BCUT2D eigenvalue weighted by molar-refractivity contribution is 5.74. The minimum atomic E-state index is -1.24. The zero-order valence-electron chi connectivity index (χ0n) is 65.6. The Kier molecular flexibility index (Phi) is 49.0. The average Bonchev–Trinajstić information content (AvgIpc) is 0.830. The van der Waals surface area contributed by atoms with Gasteiger partial charge in [-0.15, -0.1) is 0 Å². The molecule has 0 aliphatic carbocycles. The summed E-state index contributed by atoms with van der Waals surface area (Å²) in [6.07, 6.45) is -31.7. The zero-order valence-corrected chi connectivity index (χ0v) is 65.6. The minimum Gasteiger partial charge on any atom is -0.394 e. The number of hydrogen-bond donors (Lipinski definition) is 32. The summed E-state index contributed by atoms with van der Waals surface area (Å²) in [6.45, 7) is 20.9. The van der Waals surface area contributed by atoms with E-state index in [0.29, 0.717) is 0 Å². The first kappa shape index (κ1) is 107. The first-order valence-electron chi connectivity index (χ1n) is 37.0. The summed E-state index contributed by atoms with van der Waals surface area (Å²) in [7, 11) is 0. The minimum absolute atomic E-state index is 0.0966. The number of amides is 3. The van der Waals surface area contributed by atoms with Gasteiger partial charge < -0.3 is 208 Å². The van der Waals surface area contributed by atoms with Crippen LogP contribution in [-0.4, -0.2) is 464 Å². The third-order valence-electron chi connectivity index (χ3n) is 19.9. The van der Waals surface area contributed by atoms with Crippen LogP contribution in [0.5, 0.6) is 0 Å². The molecule has 9 rings (SSSR count). The van der Waals surface area contributed by atoms with E-state index in [2.05, 4.69) is 16.0 Å². The average molecular weight is 1650 g/mol. The maximum absolute atomic E-state index is 10.9. The van der Waals surface area contributed by atoms with E-state index in [9.17, 15) is 111 Å². The molecule has 0 aromatic heterocycles. The first-order chi connectivity index (χ1) is 51.9. The number of nitrogens with one attached hydrogen (secondary N) is 3. The van der Waals surface area contributed by atoms with Gasteiger partial charge in [0.2, 0.25) is 17.7 Å². The van der Waals surface area contributed by atoms with E-state index in [0.717, 1.165) is 6.42 Å². The van der Waals surface area contributed by atoms with E-state index in [4.69, 9.17) is 95.0 Å². The van der Waals surface area contributed by atoms with Crippen LogP contribution in [0.2, 0.25) is 0 Å². The molecule has 44 nitrogen and oxygen atoms in total. The lowest BCUT2D eigenvalue weighted by Crippen LogP contribution is -2.63. The van der Waals surface area contributed by atoms with Gasteiger partial charge in [-0.1, -0.05) is 0 Å². The normalized spacial score (nSPS) is 46.4. The van der Waals surface area contributed by atoms with Crippen LogP contribution in [0.4, 0.5) is 0 Å². The SMILES string of the molecule is CC(=O)NC1[C@H](C)OC(CO)[C@@H](O)[C@@H]1O.CC(=O)NCC1O[C@@H](C)C(O)[C@@H](O)[C@@H]1O.CC(=O)N[C@@H]1C(O)[C@H](C)OC(CO)[C@H]1O.CC1C[C@H](N)C(O)[C@H](C)O1.CC1O[C@@H](C)C(O)C(N)[C@@H]1O.C[C@@H]1OC(CO)[C@@H](O)[C@H](O)C1O.C[C@@H]1OC(CO)[C@H](O)[C@H](O)C1O.C[C@@H]1OC(CO)[C@H](O)[C@H](O)C1O.C[C@@H]1OC[C@@H](O)[C@H](O)C1O. The van der Waals surface area contributed by atoms with E-state index in [1.165, 1.54) is 20.8 Å². The number of carbonyl (C=O) groups excluding carboxylic acids is 3. The summed E-state index contributed by atoms with van der Waals surface area (Å²) < 4.78 is 46.2. The number of ether oxygens (including phenoxy) is 9. The standard InChI is InChI=1S/3C9H17NO5.C7H15NO3.C7H15NO2.3C7H14O5.C6H12O4/c1-4-8(13)7(10-5(2)12)9(14)6(3-11)15-4;1-4-7(10-5(2)12)9(14)8(13)6(3-11)15-4;1-4-7(12)9(14)8(13)6(15-4)3-10-5(2)11;1-3-6(9)5(8)7(10)4(2)11-3;1-4-3-6(8)7(9)5(2)10-4;3*1-3-5(9)7(11)6(10)4(2-8)12-3;1-3-5(8)6(9)4(7)2-10-3/h2*4,6-9,11,13-14H,3H2,1-2H3,(H,10,12);4,6-9,12-14H,3H2,1-2H3,(H,10,11);3-7,9-10H,8H2,1-2H3;4-7,9H,3,8H2,1-2H3;3*3-11H,2H2,1H3;3-9H,2H2,1H3/t4-,6?,7+,8?,9+;2*4-,6?,7?,8+,9+;3-,4?,5?,6?,7+;4?,5-,6-,7?;3-,4?,5?,6+,7+;2*3-,4?,5?,6-,7+;3-,4+,5?,6-/m000000000/s1. The fourth-order valence-corrected chi connectivity index (χ4v) is 12.5. The van der Waals surface area contributed by atoms with E-state index in [1.807, 2.05) is 13.8 Å². The maximum atomic E-state index is 10.9. The molecule has 44 heteroatoms. The van der Waals surface area contributed by atoms with Gasteiger partial charge >= 0.3 is 0 Å². The highest BCUT2D eigenvalue weighted by Crippen LogP contribution is 2.27. The predicted molar refractivity (Wildman–Crippen MR) is 383 cm³/mol. The van der Waals surface area contributed by atoms with Gasteiger partial charge in [0.25, 0.3) is 0 Å². The van der Waals surface area contributed by atoms with Crippen molar-refractivity contribution in [1.29, 1.82) is 0 Å². The number of aliphatic hydroxyl groups is 27. The van der Waals surface area contributed by atoms with Gasteiger partial charge in [0, 0.05) is 33.4 Å². The Morgan fingerprint density at radius 2 is 0.580 bits per heavy atom. The second-order valence-electron chi connectivity index (χ2n) is 29.2. The van der Waals surface area contributed by atoms with Crippen LogP contribution in [0.3, 0.4) is 0 Å². The fraction of sp³-hybridized carbons (Fsp3) is 0.956. The van der Waals surface area contributed by atoms with Crippen molar-refractivity contribution in [3.8, 4) is 0 Å². The highest BCUT2D eigenvalue weighted by Gasteiger charge is 2.48. The van der Waals surface area contributed by atoms with Crippen LogP contribution in [0.25, 0.3) is 0 Å². The quantitative estimate of drug-likeness (QED) is 0.102. The zero-order chi connectivity index (χ0) is 86.7. The molecular formula is C68H135N5O39. The maximum Gasteiger partial charge on any atom is 0.217 e. The monoisotopic (exact) mass is 1650 g/mol. The number of hydrogen-bond acceptors (Lipinski definition) is 41. The van der Waals surface area contributed by atoms with Crippen molar-refractivity contribution in [3.05, 3.63) is 0 Å². The molecule has 9 heterocycles. The summed E-state index contributed by atoms with van der Waals surface area (Å²) in [5.41, 5.74) is 11.2. The van der Waals surface area contributed by atoms with E-state index in [1.54, 1.807) is 62.3 Å². The topological polar surface area (TPSA) is 769 Å². The molecule has 9 saturated heterocycles. The van der Waals surface area contributed by atoms with Gasteiger partial charge in [-0.2, -0.15) is 0 Å². The van der Waals surface area contributed by atoms with Crippen molar-refractivity contribution in [2.24, 2.45) is 11.5 Å². The summed E-state index contributed by atoms with van der Waals surface area (Å²) in [4.78, 5) is 32.4. The lowest BCUT2D eigenvalue weighted by atomic mass is 9.93. The lowest BCUT2D eigenvalue weighted by Gasteiger charge is -2.41. The number of rotatable bonds is 9. The van der Waals surface area contributed by atoms with Crippen LogP contribution < -0.4 is 27.4 Å². The smallest absolute Gasteiger partial charge is 0.217 e. The van der Waals surface area contributed by atoms with E-state index >= 15 is 0 Å². The van der Waals surface area contributed by atoms with Crippen LogP contribution in [0.15, 0.2) is 0 Å². The number of carbonyl (C=O) groups is 3. The third-order valence-corrected chi connectivity index (χ3v) is 19.9. The van der Waals surface area contributed by atoms with Crippen molar-refractivity contribution < 1.29 is 195 Å². The van der Waals surface area contributed by atoms with Gasteiger partial charge in [0.1, 0.15) is 153 Å². The largest absolute Gasteiger partial charge is 0.394 e. The molecule has 0 aromatic rings.